The highest BCUT2D eigenvalue weighted by Crippen LogP contribution is 2.46. The van der Waals surface area contributed by atoms with Gasteiger partial charge in [-0.2, -0.15) is 4.98 Å². The Balaban J connectivity index is 1.48. The first-order chi connectivity index (χ1) is 17.8. The molecule has 1 aromatic heterocycles. The van der Waals surface area contributed by atoms with Crippen molar-refractivity contribution in [3.05, 3.63) is 41.1 Å². The van der Waals surface area contributed by atoms with Gasteiger partial charge in [0.05, 0.1) is 24.9 Å². The van der Waals surface area contributed by atoms with Gasteiger partial charge in [-0.3, -0.25) is 9.59 Å². The Kier molecular flexibility index (Phi) is 6.98. The van der Waals surface area contributed by atoms with Gasteiger partial charge in [0.1, 0.15) is 10.8 Å². The number of allylic oxidation sites excluding steroid dienone is 1. The smallest absolute Gasteiger partial charge is 0.232 e. The Labute approximate surface area is 222 Å². The number of nitrogens with one attached hydrogen (secondary N) is 2. The van der Waals surface area contributed by atoms with Crippen LogP contribution in [-0.4, -0.2) is 60.5 Å². The van der Waals surface area contributed by atoms with E-state index in [-0.39, 0.29) is 35.6 Å². The Morgan fingerprint density at radius 2 is 2.03 bits per heavy atom. The predicted molar refractivity (Wildman–Crippen MR) is 145 cm³/mol. The highest BCUT2D eigenvalue weighted by molar-refractivity contribution is 6.32. The van der Waals surface area contributed by atoms with Gasteiger partial charge < -0.3 is 25.2 Å². The van der Waals surface area contributed by atoms with Gasteiger partial charge in [-0.25, -0.2) is 4.98 Å². The van der Waals surface area contributed by atoms with E-state index in [0.717, 1.165) is 36.2 Å². The maximum absolute atomic E-state index is 13.0. The van der Waals surface area contributed by atoms with Crippen LogP contribution in [0, 0.1) is 17.8 Å². The molecule has 10 heteroatoms. The highest BCUT2D eigenvalue weighted by Gasteiger charge is 2.49. The number of amides is 2. The first-order valence-corrected chi connectivity index (χ1v) is 13.2. The lowest BCUT2D eigenvalue weighted by Crippen LogP contribution is -2.43. The van der Waals surface area contributed by atoms with Gasteiger partial charge in [-0.1, -0.05) is 23.8 Å². The summed E-state index contributed by atoms with van der Waals surface area (Å²) in [5.74, 6) is 2.10. The maximum Gasteiger partial charge on any atom is 0.232 e. The third-order valence-electron chi connectivity index (χ3n) is 7.62. The second kappa shape index (κ2) is 10.2. The van der Waals surface area contributed by atoms with Crippen molar-refractivity contribution in [2.45, 2.75) is 38.6 Å². The fraction of sp³-hybridized carbons (Fsp3) is 0.481. The van der Waals surface area contributed by atoms with Gasteiger partial charge in [-0.15, -0.1) is 0 Å². The second-order valence-corrected chi connectivity index (χ2v) is 10.4. The third-order valence-corrected chi connectivity index (χ3v) is 7.89. The SMILES string of the molecule is CCN(c1ncc(Cl)c(NC2C3C=CC(C3)C2C(=O)N(C)C)n1)c1ccc2c(c1OC)CCCC(=O)N2. The number of nitrogens with zero attached hydrogens (tertiary/aromatic N) is 4. The summed E-state index contributed by atoms with van der Waals surface area (Å²) < 4.78 is 5.86. The molecule has 4 unspecified atom stereocenters. The normalized spacial score (nSPS) is 23.8. The minimum Gasteiger partial charge on any atom is -0.494 e. The van der Waals surface area contributed by atoms with Crippen molar-refractivity contribution in [1.82, 2.24) is 14.9 Å². The van der Waals surface area contributed by atoms with Crippen molar-refractivity contribution in [3.63, 3.8) is 0 Å². The molecule has 0 radical (unpaired) electrons. The number of rotatable bonds is 7. The largest absolute Gasteiger partial charge is 0.494 e. The van der Waals surface area contributed by atoms with Crippen molar-refractivity contribution in [3.8, 4) is 5.75 Å². The van der Waals surface area contributed by atoms with E-state index >= 15 is 0 Å². The van der Waals surface area contributed by atoms with Gasteiger partial charge in [0, 0.05) is 44.4 Å². The number of hydrogen-bond donors (Lipinski definition) is 2. The van der Waals surface area contributed by atoms with Crippen molar-refractivity contribution in [2.75, 3.05) is 43.3 Å². The van der Waals surface area contributed by atoms with Gasteiger partial charge in [0.25, 0.3) is 0 Å². The van der Waals surface area contributed by atoms with E-state index < -0.39 is 0 Å². The number of carbonyl (C=O) groups is 2. The molecule has 2 aromatic rings. The third kappa shape index (κ3) is 4.61. The number of halogens is 1. The quantitative estimate of drug-likeness (QED) is 0.522. The first kappa shape index (κ1) is 25.3. The number of hydrogen-bond acceptors (Lipinski definition) is 7. The molecule has 3 aliphatic rings. The molecule has 1 aliphatic heterocycles. The van der Waals surface area contributed by atoms with Crippen LogP contribution < -0.4 is 20.3 Å². The zero-order valence-electron chi connectivity index (χ0n) is 21.6. The molecule has 0 spiro atoms. The van der Waals surface area contributed by atoms with Gasteiger partial charge >= 0.3 is 0 Å². The van der Waals surface area contributed by atoms with E-state index in [0.29, 0.717) is 35.5 Å². The molecule has 2 N–H and O–H groups in total. The summed E-state index contributed by atoms with van der Waals surface area (Å²) in [5, 5.41) is 6.88. The lowest BCUT2D eigenvalue weighted by molar-refractivity contribution is -0.134. The van der Waals surface area contributed by atoms with Crippen molar-refractivity contribution in [2.24, 2.45) is 17.8 Å². The molecule has 2 bridgehead atoms. The summed E-state index contributed by atoms with van der Waals surface area (Å²) in [4.78, 5) is 38.1. The average molecular weight is 525 g/mol. The lowest BCUT2D eigenvalue weighted by Gasteiger charge is -2.31. The van der Waals surface area contributed by atoms with E-state index in [1.165, 1.54) is 0 Å². The molecule has 2 aliphatic carbocycles. The molecule has 1 aromatic carbocycles. The fourth-order valence-electron chi connectivity index (χ4n) is 5.88. The van der Waals surface area contributed by atoms with Crippen LogP contribution >= 0.6 is 11.6 Å². The summed E-state index contributed by atoms with van der Waals surface area (Å²) in [6.07, 6.45) is 8.86. The van der Waals surface area contributed by atoms with Crippen LogP contribution in [0.25, 0.3) is 0 Å². The van der Waals surface area contributed by atoms with Crippen molar-refractivity contribution < 1.29 is 14.3 Å². The predicted octanol–water partition coefficient (Wildman–Crippen LogP) is 4.26. The zero-order valence-corrected chi connectivity index (χ0v) is 22.4. The molecule has 5 rings (SSSR count). The van der Waals surface area contributed by atoms with Crippen LogP contribution in [-0.2, 0) is 16.0 Å². The molecule has 0 saturated heterocycles. The number of aromatic nitrogens is 2. The fourth-order valence-corrected chi connectivity index (χ4v) is 6.03. The van der Waals surface area contributed by atoms with Crippen LogP contribution in [0.1, 0.15) is 31.7 Å². The second-order valence-electron chi connectivity index (χ2n) is 10.0. The Morgan fingerprint density at radius 3 is 2.76 bits per heavy atom. The molecule has 2 heterocycles. The molecule has 4 atom stereocenters. The monoisotopic (exact) mass is 524 g/mol. The molecule has 2 amide bonds. The topological polar surface area (TPSA) is 99.7 Å². The van der Waals surface area contributed by atoms with E-state index in [4.69, 9.17) is 21.3 Å². The Morgan fingerprint density at radius 1 is 1.24 bits per heavy atom. The zero-order chi connectivity index (χ0) is 26.3. The average Bonchev–Trinajstić information content (AvgIpc) is 3.43. The lowest BCUT2D eigenvalue weighted by atomic mass is 9.87. The van der Waals surface area contributed by atoms with E-state index in [2.05, 4.69) is 27.8 Å². The molecule has 1 fully saturated rings. The van der Waals surface area contributed by atoms with Gasteiger partial charge in [0.2, 0.25) is 17.8 Å². The number of fused-ring (bicyclic) bond motifs is 3. The number of carbonyl (C=O) groups excluding carboxylic acids is 2. The highest BCUT2D eigenvalue weighted by atomic mass is 35.5. The standard InChI is InChI=1S/C27H33ClN6O3/c1-5-34(20-12-11-19-17(24(20)37-4)7-6-8-21(35)30-19)27-29-14-18(28)25(32-27)31-23-16-10-9-15(13-16)22(23)26(36)33(2)3/h9-12,14-16,22-23H,5-8,13H2,1-4H3,(H,30,35)(H,29,31,32). The molecular weight excluding hydrogens is 492 g/mol. The summed E-state index contributed by atoms with van der Waals surface area (Å²) in [6, 6.07) is 3.74. The number of anilines is 4. The van der Waals surface area contributed by atoms with Crippen LogP contribution in [0.15, 0.2) is 30.5 Å². The van der Waals surface area contributed by atoms with Crippen molar-refractivity contribution in [1.29, 1.82) is 0 Å². The summed E-state index contributed by atoms with van der Waals surface area (Å²) >= 11 is 6.56. The summed E-state index contributed by atoms with van der Waals surface area (Å²) in [5.41, 5.74) is 2.56. The molecule has 9 nitrogen and oxygen atoms in total. The number of methoxy groups -OCH3 is 1. The molecule has 1 saturated carbocycles. The van der Waals surface area contributed by atoms with Crippen LogP contribution in [0.4, 0.5) is 23.1 Å². The Bertz CT molecular complexity index is 1250. The molecular formula is C27H33ClN6O3. The summed E-state index contributed by atoms with van der Waals surface area (Å²) in [7, 11) is 5.23. The van der Waals surface area contributed by atoms with Crippen LogP contribution in [0.3, 0.4) is 0 Å². The first-order valence-electron chi connectivity index (χ1n) is 12.8. The van der Waals surface area contributed by atoms with Crippen LogP contribution in [0.2, 0.25) is 5.02 Å². The van der Waals surface area contributed by atoms with E-state index in [1.807, 2.05) is 24.0 Å². The summed E-state index contributed by atoms with van der Waals surface area (Å²) in [6.45, 7) is 2.60. The van der Waals surface area contributed by atoms with E-state index in [9.17, 15) is 9.59 Å². The Hall–Kier alpha value is -3.33. The molecule has 37 heavy (non-hydrogen) atoms. The minimum absolute atomic E-state index is 0.0131. The maximum atomic E-state index is 13.0. The number of benzene rings is 1. The van der Waals surface area contributed by atoms with Gasteiger partial charge in [-0.05, 0) is 50.2 Å². The van der Waals surface area contributed by atoms with Crippen LogP contribution in [0.5, 0.6) is 5.75 Å². The van der Waals surface area contributed by atoms with Crippen molar-refractivity contribution >= 4 is 46.6 Å². The van der Waals surface area contributed by atoms with Gasteiger partial charge in [0.15, 0.2) is 5.82 Å². The minimum atomic E-state index is -0.165. The molecule has 196 valence electrons. The number of ether oxygens (including phenoxy) is 1. The van der Waals surface area contributed by atoms with E-state index in [1.54, 1.807) is 32.3 Å².